The number of nitrogens with two attached hydrogens (primary N) is 1. The lowest BCUT2D eigenvalue weighted by atomic mass is 9.77. The van der Waals surface area contributed by atoms with E-state index in [9.17, 15) is 13.2 Å². The number of nitrogens with one attached hydrogen (secondary N) is 1. The molecule has 1 aromatic heterocycles. The zero-order valence-electron chi connectivity index (χ0n) is 26.7. The highest BCUT2D eigenvalue weighted by Gasteiger charge is 2.41. The molecule has 0 unspecified atom stereocenters. The number of hydrogen-bond acceptors (Lipinski definition) is 5. The molecular formula is C39H37N5O3S. The first-order valence-electron chi connectivity index (χ1n) is 16.1. The molecule has 0 radical (unpaired) electrons. The predicted octanol–water partition coefficient (Wildman–Crippen LogP) is 6.47. The van der Waals surface area contributed by atoms with Crippen LogP contribution in [0.15, 0.2) is 138 Å². The van der Waals surface area contributed by atoms with Crippen LogP contribution in [-0.2, 0) is 20.4 Å². The Bertz CT molecular complexity index is 2060. The van der Waals surface area contributed by atoms with Gasteiger partial charge in [0.1, 0.15) is 5.54 Å². The van der Waals surface area contributed by atoms with Crippen molar-refractivity contribution >= 4 is 32.7 Å². The van der Waals surface area contributed by atoms with E-state index in [2.05, 4.69) is 53.7 Å². The number of amides is 1. The van der Waals surface area contributed by atoms with Crippen LogP contribution >= 0.6 is 0 Å². The summed E-state index contributed by atoms with van der Waals surface area (Å²) in [4.78, 5) is 16.1. The molecule has 1 aliphatic rings. The lowest BCUT2D eigenvalue weighted by Crippen LogP contribution is -2.39. The van der Waals surface area contributed by atoms with Gasteiger partial charge in [0.2, 0.25) is 15.9 Å². The fourth-order valence-corrected chi connectivity index (χ4v) is 7.39. The zero-order valence-corrected chi connectivity index (χ0v) is 27.5. The Hall–Kier alpha value is -5.09. The van der Waals surface area contributed by atoms with Gasteiger partial charge in [-0.15, -0.1) is 0 Å². The average molecular weight is 656 g/mol. The molecule has 0 saturated carbocycles. The van der Waals surface area contributed by atoms with Gasteiger partial charge in [-0.25, -0.2) is 18.2 Å². The lowest BCUT2D eigenvalue weighted by molar-refractivity contribution is -0.121. The minimum atomic E-state index is -3.83. The molecule has 0 spiro atoms. The van der Waals surface area contributed by atoms with Gasteiger partial charge < -0.3 is 10.2 Å². The van der Waals surface area contributed by atoms with Crippen molar-refractivity contribution in [2.45, 2.75) is 23.3 Å². The SMILES string of the molecule is CN1CCC(C(=O)Nc2nn(C(c3ccccc3)(c3ccccc3)c3ccccc3)c3ccc(-c4ccc(S(N)(=O)=O)cc4)cc23)CC1. The highest BCUT2D eigenvalue weighted by Crippen LogP contribution is 2.44. The Morgan fingerprint density at radius 2 is 1.25 bits per heavy atom. The predicted molar refractivity (Wildman–Crippen MR) is 190 cm³/mol. The Balaban J connectivity index is 1.47. The lowest BCUT2D eigenvalue weighted by Gasteiger charge is -2.37. The maximum absolute atomic E-state index is 13.8. The Labute approximate surface area is 280 Å². The Kier molecular flexibility index (Phi) is 8.43. The summed E-state index contributed by atoms with van der Waals surface area (Å²) >= 11 is 0. The number of primary sulfonamides is 1. The smallest absolute Gasteiger partial charge is 0.238 e. The van der Waals surface area contributed by atoms with Crippen molar-refractivity contribution in [2.24, 2.45) is 11.1 Å². The van der Waals surface area contributed by atoms with Gasteiger partial charge in [-0.2, -0.15) is 5.10 Å². The molecule has 1 saturated heterocycles. The van der Waals surface area contributed by atoms with E-state index < -0.39 is 15.6 Å². The normalized spacial score (nSPS) is 14.6. The van der Waals surface area contributed by atoms with Crippen molar-refractivity contribution < 1.29 is 13.2 Å². The van der Waals surface area contributed by atoms with Gasteiger partial charge in [0.25, 0.3) is 0 Å². The first kappa shape index (κ1) is 31.5. The third kappa shape index (κ3) is 5.81. The third-order valence-corrected chi connectivity index (χ3v) is 10.3. The summed E-state index contributed by atoms with van der Waals surface area (Å²) < 4.78 is 25.9. The van der Waals surface area contributed by atoms with Gasteiger partial charge in [0.15, 0.2) is 5.82 Å². The van der Waals surface area contributed by atoms with E-state index in [0.29, 0.717) is 5.82 Å². The van der Waals surface area contributed by atoms with E-state index in [1.165, 1.54) is 12.1 Å². The van der Waals surface area contributed by atoms with Crippen LogP contribution in [0.1, 0.15) is 29.5 Å². The molecule has 1 aliphatic heterocycles. The number of nitrogens with zero attached hydrogens (tertiary/aromatic N) is 3. The monoisotopic (exact) mass is 655 g/mol. The topological polar surface area (TPSA) is 110 Å². The second-order valence-electron chi connectivity index (χ2n) is 12.4. The van der Waals surface area contributed by atoms with Crippen LogP contribution in [-0.4, -0.2) is 49.1 Å². The van der Waals surface area contributed by atoms with Crippen LogP contribution in [0, 0.1) is 5.92 Å². The first-order chi connectivity index (χ1) is 23.2. The van der Waals surface area contributed by atoms with Crippen LogP contribution in [0.25, 0.3) is 22.0 Å². The summed E-state index contributed by atoms with van der Waals surface area (Å²) in [6, 6.07) is 43.5. The number of hydrogen-bond donors (Lipinski definition) is 2. The molecule has 242 valence electrons. The maximum Gasteiger partial charge on any atom is 0.238 e. The molecule has 7 rings (SSSR count). The van der Waals surface area contributed by atoms with E-state index in [0.717, 1.165) is 64.7 Å². The standard InChI is InChI=1S/C39H37N5O3S/c1-43-25-23-29(24-26-43)38(45)41-37-35-27-30(28-17-20-34(21-18-28)48(40,46)47)19-22-36(35)44(42-37)39(31-11-5-2-6-12-31,32-13-7-3-8-14-32)33-15-9-4-10-16-33/h2-22,27,29H,23-26H2,1H3,(H2,40,46,47)(H,41,42,45). The molecule has 3 N–H and O–H groups in total. The van der Waals surface area contributed by atoms with Gasteiger partial charge in [-0.1, -0.05) is 109 Å². The second-order valence-corrected chi connectivity index (χ2v) is 14.0. The summed E-state index contributed by atoms with van der Waals surface area (Å²) in [5, 5.41) is 14.7. The van der Waals surface area contributed by atoms with Crippen molar-refractivity contribution in [3.05, 3.63) is 150 Å². The number of sulfonamides is 1. The zero-order chi connectivity index (χ0) is 33.3. The van der Waals surface area contributed by atoms with Crippen molar-refractivity contribution in [1.29, 1.82) is 0 Å². The van der Waals surface area contributed by atoms with Crippen LogP contribution in [0.2, 0.25) is 0 Å². The summed E-state index contributed by atoms with van der Waals surface area (Å²) in [5.41, 5.74) is 4.65. The largest absolute Gasteiger partial charge is 0.308 e. The average Bonchev–Trinajstić information content (AvgIpc) is 3.47. The van der Waals surface area contributed by atoms with Crippen LogP contribution in [0.4, 0.5) is 5.82 Å². The number of carbonyl (C=O) groups excluding carboxylic acids is 1. The number of likely N-dealkylation sites (tertiary alicyclic amines) is 1. The second kappa shape index (κ2) is 12.8. The third-order valence-electron chi connectivity index (χ3n) is 9.42. The van der Waals surface area contributed by atoms with Crippen molar-refractivity contribution in [1.82, 2.24) is 14.7 Å². The number of anilines is 1. The molecule has 8 nitrogen and oxygen atoms in total. The van der Waals surface area contributed by atoms with Crippen LogP contribution in [0.5, 0.6) is 0 Å². The Morgan fingerprint density at radius 3 is 1.75 bits per heavy atom. The van der Waals surface area contributed by atoms with Crippen molar-refractivity contribution in [3.63, 3.8) is 0 Å². The van der Waals surface area contributed by atoms with E-state index in [1.54, 1.807) is 12.1 Å². The van der Waals surface area contributed by atoms with E-state index in [1.807, 2.05) is 77.5 Å². The van der Waals surface area contributed by atoms with E-state index >= 15 is 0 Å². The first-order valence-corrected chi connectivity index (χ1v) is 17.6. The molecule has 2 heterocycles. The molecule has 48 heavy (non-hydrogen) atoms. The minimum Gasteiger partial charge on any atom is -0.308 e. The number of rotatable bonds is 8. The van der Waals surface area contributed by atoms with Gasteiger partial charge >= 0.3 is 0 Å². The van der Waals surface area contributed by atoms with Gasteiger partial charge in [0, 0.05) is 11.3 Å². The number of carbonyl (C=O) groups is 1. The van der Waals surface area contributed by atoms with Crippen LogP contribution < -0.4 is 10.5 Å². The maximum atomic E-state index is 13.8. The molecule has 0 aliphatic carbocycles. The number of fused-ring (bicyclic) bond motifs is 1. The van der Waals surface area contributed by atoms with Crippen molar-refractivity contribution in [2.75, 3.05) is 25.5 Å². The van der Waals surface area contributed by atoms with Gasteiger partial charge in [-0.05, 0) is 85.1 Å². The molecule has 0 bridgehead atoms. The Morgan fingerprint density at radius 1 is 0.750 bits per heavy atom. The highest BCUT2D eigenvalue weighted by atomic mass is 32.2. The highest BCUT2D eigenvalue weighted by molar-refractivity contribution is 7.89. The molecule has 5 aromatic carbocycles. The molecule has 0 atom stereocenters. The summed E-state index contributed by atoms with van der Waals surface area (Å²) in [6.07, 6.45) is 1.56. The quantitative estimate of drug-likeness (QED) is 0.183. The summed E-state index contributed by atoms with van der Waals surface area (Å²) in [6.45, 7) is 1.73. The molecule has 9 heteroatoms. The summed E-state index contributed by atoms with van der Waals surface area (Å²) in [5.74, 6) is 0.323. The number of aromatic nitrogens is 2. The van der Waals surface area contributed by atoms with Gasteiger partial charge in [0.05, 0.1) is 10.4 Å². The number of piperidine rings is 1. The number of benzene rings is 5. The fourth-order valence-electron chi connectivity index (χ4n) is 6.88. The minimum absolute atomic E-state index is 0.0395. The van der Waals surface area contributed by atoms with E-state index in [-0.39, 0.29) is 16.7 Å². The van der Waals surface area contributed by atoms with Crippen molar-refractivity contribution in [3.8, 4) is 11.1 Å². The fraction of sp³-hybridized carbons (Fsp3) is 0.179. The van der Waals surface area contributed by atoms with E-state index in [4.69, 9.17) is 10.2 Å². The van der Waals surface area contributed by atoms with Crippen LogP contribution in [0.3, 0.4) is 0 Å². The van der Waals surface area contributed by atoms with Gasteiger partial charge in [-0.3, -0.25) is 4.79 Å². The molecule has 6 aromatic rings. The molecular weight excluding hydrogens is 619 g/mol. The summed E-state index contributed by atoms with van der Waals surface area (Å²) in [7, 11) is -1.75. The molecule has 1 fully saturated rings. The molecule has 1 amide bonds.